The van der Waals surface area contributed by atoms with Gasteiger partial charge in [0.1, 0.15) is 24.1 Å². The zero-order valence-corrected chi connectivity index (χ0v) is 35.1. The summed E-state index contributed by atoms with van der Waals surface area (Å²) in [4.78, 5) is 0. The number of nitrogens with zero attached hydrogens (tertiary/aromatic N) is 4. The Morgan fingerprint density at radius 1 is 0.768 bits per heavy atom. The lowest BCUT2D eigenvalue weighted by molar-refractivity contribution is -0.941. The van der Waals surface area contributed by atoms with E-state index in [1.807, 2.05) is 11.3 Å². The van der Waals surface area contributed by atoms with E-state index in [1.165, 1.54) is 76.3 Å². The minimum absolute atomic E-state index is 0.100. The fourth-order valence-corrected chi connectivity index (χ4v) is 12.3. The van der Waals surface area contributed by atoms with Crippen LogP contribution in [-0.4, -0.2) is 28.9 Å². The lowest BCUT2D eigenvalue weighted by Crippen LogP contribution is -2.76. The summed E-state index contributed by atoms with van der Waals surface area (Å²) in [5.41, 5.74) is 12.4. The number of quaternary nitrogens is 2. The van der Waals surface area contributed by atoms with E-state index < -0.39 is 0 Å². The van der Waals surface area contributed by atoms with Crippen LogP contribution in [-0.2, 0) is 5.41 Å². The number of imidazole rings is 1. The molecule has 1 fully saturated rings. The van der Waals surface area contributed by atoms with Crippen LogP contribution in [0, 0.1) is 0 Å². The Kier molecular flexibility index (Phi) is 8.01. The van der Waals surface area contributed by atoms with Gasteiger partial charge in [-0.1, -0.05) is 108 Å². The van der Waals surface area contributed by atoms with Crippen LogP contribution in [0.5, 0.6) is 0 Å². The highest BCUT2D eigenvalue weighted by Gasteiger charge is 2.67. The van der Waals surface area contributed by atoms with Crippen molar-refractivity contribution in [1.29, 1.82) is 0 Å². The molecule has 5 heteroatoms. The Morgan fingerprint density at radius 3 is 2.11 bits per heavy atom. The molecular weight excluding hydrogens is 701 g/mol. The molecule has 0 N–H and O–H groups in total. The third-order valence-corrected chi connectivity index (χ3v) is 15.5. The summed E-state index contributed by atoms with van der Waals surface area (Å²) in [6.45, 7) is 17.9. The van der Waals surface area contributed by atoms with Crippen molar-refractivity contribution in [3.05, 3.63) is 150 Å². The van der Waals surface area contributed by atoms with E-state index in [4.69, 9.17) is 0 Å². The van der Waals surface area contributed by atoms with Crippen molar-refractivity contribution in [2.45, 2.75) is 90.8 Å². The van der Waals surface area contributed by atoms with Crippen LogP contribution >= 0.6 is 11.3 Å². The number of benzene rings is 5. The third-order valence-electron chi connectivity index (χ3n) is 14.4. The fraction of sp³-hybridized carbons (Fsp3) is 0.314. The molecule has 4 atom stereocenters. The lowest BCUT2D eigenvalue weighted by atomic mass is 9.64. The molecule has 4 aliphatic rings. The van der Waals surface area contributed by atoms with Gasteiger partial charge in [-0.15, -0.1) is 11.3 Å². The average molecular weight is 756 g/mol. The molecule has 0 spiro atoms. The van der Waals surface area contributed by atoms with Crippen molar-refractivity contribution in [2.24, 2.45) is 0 Å². The molecule has 0 saturated carbocycles. The second kappa shape index (κ2) is 12.6. The molecule has 2 bridgehead atoms. The van der Waals surface area contributed by atoms with E-state index in [1.54, 1.807) is 0 Å². The first-order chi connectivity index (χ1) is 27.0. The SMILES string of the molecule is CCC1(CC)c2ccccc2-c2n(-c3c(C(C)C)cc(-c4ccccc4)cc3C(C)C)cc[n+]2C1c1cc2c(cc1[N+]13C=C[N+](C)(C1)C3C)sc1ccccc12. The minimum Gasteiger partial charge on any atom is -0.222 e. The van der Waals surface area contributed by atoms with Gasteiger partial charge in [0.15, 0.2) is 18.1 Å². The maximum absolute atomic E-state index is 2.71. The molecule has 0 radical (unpaired) electrons. The molecule has 7 aromatic rings. The van der Waals surface area contributed by atoms with Crippen molar-refractivity contribution < 1.29 is 9.05 Å². The number of thiophene rings is 1. The highest BCUT2D eigenvalue weighted by molar-refractivity contribution is 7.25. The third kappa shape index (κ3) is 4.74. The first-order valence-electron chi connectivity index (χ1n) is 20.9. The van der Waals surface area contributed by atoms with Crippen molar-refractivity contribution >= 4 is 37.2 Å². The van der Waals surface area contributed by atoms with Gasteiger partial charge < -0.3 is 0 Å². The van der Waals surface area contributed by atoms with Gasteiger partial charge in [-0.2, -0.15) is 13.5 Å². The Morgan fingerprint density at radius 2 is 1.45 bits per heavy atom. The summed E-state index contributed by atoms with van der Waals surface area (Å²) in [5, 5.41) is 2.76. The van der Waals surface area contributed by atoms with Crippen molar-refractivity contribution in [3.63, 3.8) is 0 Å². The molecule has 0 amide bonds. The highest BCUT2D eigenvalue weighted by Crippen LogP contribution is 2.57. The quantitative estimate of drug-likeness (QED) is 0.108. The standard InChI is InChI=1S/C51H55N4S/c1-9-51(10-2)44-22-16-14-21-39(44)50-52(48-40(33(3)4)28-37(29-41(48)34(5)6)36-18-12-11-13-19-36)24-25-53(50)49(51)43-30-42-38-20-15-17-23-46(38)56-47(42)31-45(43)55-27-26-54(8,32-55)35(55)7/h11-31,33-35,49H,9-10,32H2,1-8H3/q+3. The van der Waals surface area contributed by atoms with Crippen molar-refractivity contribution in [3.8, 4) is 28.2 Å². The fourth-order valence-electron chi connectivity index (χ4n) is 11.1. The van der Waals surface area contributed by atoms with E-state index in [2.05, 4.69) is 193 Å². The van der Waals surface area contributed by atoms with Gasteiger partial charge in [0.05, 0.1) is 18.2 Å². The van der Waals surface area contributed by atoms with Gasteiger partial charge in [-0.25, -0.2) is 4.57 Å². The topological polar surface area (TPSA) is 8.81 Å². The van der Waals surface area contributed by atoms with Crippen molar-refractivity contribution in [1.82, 2.24) is 9.05 Å². The van der Waals surface area contributed by atoms with Crippen LogP contribution in [0.2, 0.25) is 0 Å². The maximum Gasteiger partial charge on any atom is 0.294 e. The van der Waals surface area contributed by atoms with E-state index >= 15 is 0 Å². The Hall–Kier alpha value is -4.81. The number of fused-ring (bicyclic) bond motifs is 6. The summed E-state index contributed by atoms with van der Waals surface area (Å²) in [5.74, 6) is 1.97. The number of rotatable bonds is 8. The Balaban J connectivity index is 1.30. The van der Waals surface area contributed by atoms with Gasteiger partial charge in [-0.3, -0.25) is 0 Å². The second-order valence-electron chi connectivity index (χ2n) is 17.7. The molecule has 5 aromatic carbocycles. The molecule has 4 unspecified atom stereocenters. The molecule has 4 aliphatic heterocycles. The molecule has 4 nitrogen and oxygen atoms in total. The van der Waals surface area contributed by atoms with E-state index in [-0.39, 0.29) is 11.5 Å². The smallest absolute Gasteiger partial charge is 0.222 e. The molecule has 0 aliphatic carbocycles. The van der Waals surface area contributed by atoms with Crippen LogP contribution in [0.3, 0.4) is 0 Å². The predicted molar refractivity (Wildman–Crippen MR) is 236 cm³/mol. The lowest BCUT2D eigenvalue weighted by Gasteiger charge is -2.52. The van der Waals surface area contributed by atoms with Gasteiger partial charge in [0.2, 0.25) is 12.8 Å². The van der Waals surface area contributed by atoms with Crippen LogP contribution in [0.25, 0.3) is 48.4 Å². The predicted octanol–water partition coefficient (Wildman–Crippen LogP) is 12.9. The second-order valence-corrected chi connectivity index (χ2v) is 18.8. The molecule has 6 heterocycles. The number of aromatic nitrogens is 2. The van der Waals surface area contributed by atoms with E-state index in [0.29, 0.717) is 18.0 Å². The van der Waals surface area contributed by atoms with Gasteiger partial charge >= 0.3 is 0 Å². The molecular formula is C51H55N4S+3. The first-order valence-corrected chi connectivity index (χ1v) is 21.7. The summed E-state index contributed by atoms with van der Waals surface area (Å²) in [6, 6.07) is 39.6. The van der Waals surface area contributed by atoms with Crippen molar-refractivity contribution in [2.75, 3.05) is 13.7 Å². The average Bonchev–Trinajstić information content (AvgIpc) is 3.98. The summed E-state index contributed by atoms with van der Waals surface area (Å²) in [6.07, 6.45) is 12.3. The molecule has 11 rings (SSSR count). The molecule has 1 saturated heterocycles. The minimum atomic E-state index is -0.109. The van der Waals surface area contributed by atoms with Crippen LogP contribution in [0.1, 0.15) is 101 Å². The normalized spacial score (nSPS) is 23.2. The van der Waals surface area contributed by atoms with Crippen LogP contribution in [0.15, 0.2) is 128 Å². The Labute approximate surface area is 336 Å². The summed E-state index contributed by atoms with van der Waals surface area (Å²) in [7, 11) is 2.40. The highest BCUT2D eigenvalue weighted by atomic mass is 32.1. The number of hydrogen-bond acceptors (Lipinski definition) is 1. The Bertz CT molecular complexity index is 2680. The van der Waals surface area contributed by atoms with Gasteiger partial charge in [0.25, 0.3) is 5.82 Å². The largest absolute Gasteiger partial charge is 0.294 e. The summed E-state index contributed by atoms with van der Waals surface area (Å²) < 4.78 is 9.96. The monoisotopic (exact) mass is 755 g/mol. The van der Waals surface area contributed by atoms with E-state index in [0.717, 1.165) is 28.5 Å². The van der Waals surface area contributed by atoms with Crippen LogP contribution in [0.4, 0.5) is 5.69 Å². The zero-order chi connectivity index (χ0) is 38.7. The molecule has 56 heavy (non-hydrogen) atoms. The molecule has 2 aromatic heterocycles. The van der Waals surface area contributed by atoms with Gasteiger partial charge in [-0.05, 0) is 71.7 Å². The summed E-state index contributed by atoms with van der Waals surface area (Å²) >= 11 is 1.95. The first kappa shape index (κ1) is 35.6. The number of hydrogen-bond donors (Lipinski definition) is 0. The maximum atomic E-state index is 2.71. The van der Waals surface area contributed by atoms with Crippen LogP contribution < -0.4 is 9.05 Å². The zero-order valence-electron chi connectivity index (χ0n) is 34.3. The van der Waals surface area contributed by atoms with Gasteiger partial charge in [0, 0.05) is 49.7 Å². The van der Waals surface area contributed by atoms with E-state index in [9.17, 15) is 0 Å². The molecule has 282 valence electrons.